The number of nitrogens with one attached hydrogen (secondary N) is 1. The molecule has 1 aromatic heterocycles. The molecule has 0 amide bonds. The van der Waals surface area contributed by atoms with Crippen LogP contribution < -0.4 is 4.74 Å². The fourth-order valence-electron chi connectivity index (χ4n) is 5.52. The molecule has 6 heteroatoms. The number of hydrogen-bond donors (Lipinski definition) is 2. The van der Waals surface area contributed by atoms with Gasteiger partial charge in [-0.3, -0.25) is 4.99 Å². The van der Waals surface area contributed by atoms with E-state index < -0.39 is 5.97 Å². The van der Waals surface area contributed by atoms with Crippen molar-refractivity contribution < 1.29 is 14.6 Å². The summed E-state index contributed by atoms with van der Waals surface area (Å²) in [4.78, 5) is 24.0. The Hall–Kier alpha value is -3.15. The summed E-state index contributed by atoms with van der Waals surface area (Å²) in [5, 5.41) is 9.65. The van der Waals surface area contributed by atoms with Crippen molar-refractivity contribution in [2.24, 2.45) is 22.7 Å². The zero-order valence-corrected chi connectivity index (χ0v) is 18.6. The molecule has 2 atom stereocenters. The minimum absolute atomic E-state index is 0.0965. The topological polar surface area (TPSA) is 87.6 Å². The van der Waals surface area contributed by atoms with Crippen molar-refractivity contribution in [3.63, 3.8) is 0 Å². The van der Waals surface area contributed by atoms with Gasteiger partial charge in [0.1, 0.15) is 11.3 Å². The van der Waals surface area contributed by atoms with Crippen LogP contribution in [-0.2, 0) is 6.42 Å². The van der Waals surface area contributed by atoms with Gasteiger partial charge in [-0.15, -0.1) is 0 Å². The summed E-state index contributed by atoms with van der Waals surface area (Å²) in [6, 6.07) is 8.09. The predicted molar refractivity (Wildman–Crippen MR) is 126 cm³/mol. The van der Waals surface area contributed by atoms with Crippen LogP contribution >= 0.6 is 0 Å². The van der Waals surface area contributed by atoms with E-state index in [1.165, 1.54) is 51.1 Å². The van der Waals surface area contributed by atoms with Crippen molar-refractivity contribution in [3.05, 3.63) is 41.7 Å². The Morgan fingerprint density at radius 2 is 2.03 bits per heavy atom. The molecule has 2 aromatic carbocycles. The van der Waals surface area contributed by atoms with Gasteiger partial charge in [-0.2, -0.15) is 0 Å². The molecule has 2 heterocycles. The van der Waals surface area contributed by atoms with Gasteiger partial charge >= 0.3 is 5.97 Å². The van der Waals surface area contributed by atoms with E-state index in [0.29, 0.717) is 28.6 Å². The third-order valence-corrected chi connectivity index (χ3v) is 7.43. The molecule has 2 unspecified atom stereocenters. The first-order valence-corrected chi connectivity index (χ1v) is 11.5. The highest BCUT2D eigenvalue weighted by atomic mass is 16.5. The van der Waals surface area contributed by atoms with Crippen molar-refractivity contribution in [3.8, 4) is 16.9 Å². The second-order valence-corrected chi connectivity index (χ2v) is 9.18. The number of carboxylic acids is 1. The number of benzene rings is 2. The smallest absolute Gasteiger partial charge is 0.341 e. The number of aliphatic imine (C=N–C) groups is 1. The van der Waals surface area contributed by atoms with Crippen molar-refractivity contribution in [1.29, 1.82) is 0 Å². The van der Waals surface area contributed by atoms with E-state index in [9.17, 15) is 9.90 Å². The quantitative estimate of drug-likeness (QED) is 0.516. The largest absolute Gasteiger partial charge is 0.496 e. The minimum atomic E-state index is -1.05. The second kappa shape index (κ2) is 8.41. The SMILES string of the molecule is COc1cc(-c2ccc3c(c2)N=CC(C(C)C2CCCCC2)C3)c2nc[nH]c2c1C(=O)O. The summed E-state index contributed by atoms with van der Waals surface area (Å²) >= 11 is 0. The Morgan fingerprint density at radius 1 is 1.22 bits per heavy atom. The number of ether oxygens (including phenoxy) is 1. The first-order chi connectivity index (χ1) is 15.6. The summed E-state index contributed by atoms with van der Waals surface area (Å²) in [6.45, 7) is 2.40. The highest BCUT2D eigenvalue weighted by molar-refractivity contribution is 6.08. The standard InChI is InChI=1S/C26H29N3O3/c1-15(16-6-4-3-5-7-16)19-10-18-9-8-17(11-21(18)27-13-19)20-12-22(32-2)23(26(30)31)25-24(20)28-14-29-25/h8-9,11-16,19H,3-7,10H2,1-2H3,(H,28,29)(H,30,31). The number of aromatic carboxylic acids is 1. The Morgan fingerprint density at radius 3 is 2.78 bits per heavy atom. The lowest BCUT2D eigenvalue weighted by Gasteiger charge is -2.33. The van der Waals surface area contributed by atoms with Crippen LogP contribution in [0.2, 0.25) is 0 Å². The molecule has 3 aromatic rings. The van der Waals surface area contributed by atoms with Gasteiger partial charge in [0.15, 0.2) is 0 Å². The van der Waals surface area contributed by atoms with Crippen LogP contribution in [0.3, 0.4) is 0 Å². The fourth-order valence-corrected chi connectivity index (χ4v) is 5.52. The molecule has 0 bridgehead atoms. The third-order valence-electron chi connectivity index (χ3n) is 7.43. The van der Waals surface area contributed by atoms with E-state index >= 15 is 0 Å². The average molecular weight is 432 g/mol. The fraction of sp³-hybridized carbons (Fsp3) is 0.423. The van der Waals surface area contributed by atoms with Gasteiger partial charge < -0.3 is 14.8 Å². The van der Waals surface area contributed by atoms with Crippen molar-refractivity contribution in [2.75, 3.05) is 7.11 Å². The number of fused-ring (bicyclic) bond motifs is 2. The summed E-state index contributed by atoms with van der Waals surface area (Å²) in [6.07, 6.45) is 11.5. The maximum Gasteiger partial charge on any atom is 0.341 e. The van der Waals surface area contributed by atoms with Crippen LogP contribution in [0.25, 0.3) is 22.2 Å². The molecule has 32 heavy (non-hydrogen) atoms. The highest BCUT2D eigenvalue weighted by Crippen LogP contribution is 2.41. The number of carbonyl (C=O) groups is 1. The number of imidazole rings is 1. The zero-order valence-electron chi connectivity index (χ0n) is 18.6. The Balaban J connectivity index is 1.48. The van der Waals surface area contributed by atoms with Gasteiger partial charge in [-0.05, 0) is 41.5 Å². The van der Waals surface area contributed by atoms with E-state index in [-0.39, 0.29) is 5.56 Å². The number of carboxylic acid groups (broad SMARTS) is 1. The molecule has 1 saturated carbocycles. The van der Waals surface area contributed by atoms with Crippen molar-refractivity contribution in [1.82, 2.24) is 9.97 Å². The first kappa shape index (κ1) is 20.7. The molecule has 0 spiro atoms. The Bertz CT molecular complexity index is 1190. The lowest BCUT2D eigenvalue weighted by Crippen LogP contribution is -2.26. The maximum atomic E-state index is 11.8. The van der Waals surface area contributed by atoms with Gasteiger partial charge in [0.05, 0.1) is 30.2 Å². The molecule has 166 valence electrons. The lowest BCUT2D eigenvalue weighted by atomic mass is 9.73. The van der Waals surface area contributed by atoms with E-state index in [1.54, 1.807) is 6.07 Å². The van der Waals surface area contributed by atoms with Gasteiger partial charge in [0, 0.05) is 17.7 Å². The molecule has 1 aliphatic heterocycles. The Kier molecular flexibility index (Phi) is 5.45. The van der Waals surface area contributed by atoms with Crippen LogP contribution in [0.15, 0.2) is 35.6 Å². The summed E-state index contributed by atoms with van der Waals surface area (Å²) in [5.41, 5.74) is 5.22. The number of rotatable bonds is 5. The summed E-state index contributed by atoms with van der Waals surface area (Å²) in [5.74, 6) is 1.23. The molecule has 2 aliphatic rings. The van der Waals surface area contributed by atoms with Crippen LogP contribution in [0.5, 0.6) is 5.75 Å². The van der Waals surface area contributed by atoms with E-state index in [2.05, 4.69) is 41.3 Å². The maximum absolute atomic E-state index is 11.8. The van der Waals surface area contributed by atoms with Gasteiger partial charge in [0.2, 0.25) is 0 Å². The average Bonchev–Trinajstić information content (AvgIpc) is 3.31. The minimum Gasteiger partial charge on any atom is -0.496 e. The summed E-state index contributed by atoms with van der Waals surface area (Å²) in [7, 11) is 1.48. The predicted octanol–water partition coefficient (Wildman–Crippen LogP) is 6.03. The van der Waals surface area contributed by atoms with Gasteiger partial charge in [-0.1, -0.05) is 51.2 Å². The molecule has 0 saturated heterocycles. The number of aromatic amines is 1. The number of methoxy groups -OCH3 is 1. The van der Waals surface area contributed by atoms with Crippen molar-refractivity contribution in [2.45, 2.75) is 45.4 Å². The molecule has 1 fully saturated rings. The number of H-pyrrole nitrogens is 1. The number of aromatic nitrogens is 2. The molecule has 1 aliphatic carbocycles. The van der Waals surface area contributed by atoms with E-state index in [1.807, 2.05) is 0 Å². The number of nitrogens with zero attached hydrogens (tertiary/aromatic N) is 2. The van der Waals surface area contributed by atoms with Gasteiger partial charge in [-0.25, -0.2) is 9.78 Å². The molecule has 6 nitrogen and oxygen atoms in total. The molecular weight excluding hydrogens is 402 g/mol. The van der Waals surface area contributed by atoms with E-state index in [4.69, 9.17) is 9.73 Å². The number of hydrogen-bond acceptors (Lipinski definition) is 4. The monoisotopic (exact) mass is 431 g/mol. The first-order valence-electron chi connectivity index (χ1n) is 11.5. The molecule has 2 N–H and O–H groups in total. The third kappa shape index (κ3) is 3.57. The van der Waals surface area contributed by atoms with Crippen LogP contribution in [0.4, 0.5) is 5.69 Å². The van der Waals surface area contributed by atoms with Gasteiger partial charge in [0.25, 0.3) is 0 Å². The Labute approximate surface area is 187 Å². The zero-order chi connectivity index (χ0) is 22.2. The van der Waals surface area contributed by atoms with Crippen LogP contribution in [0, 0.1) is 17.8 Å². The molecule has 0 radical (unpaired) electrons. The normalized spacial score (nSPS) is 19.6. The lowest BCUT2D eigenvalue weighted by molar-refractivity contribution is 0.0695. The highest BCUT2D eigenvalue weighted by Gasteiger charge is 2.29. The second-order valence-electron chi connectivity index (χ2n) is 9.18. The van der Waals surface area contributed by atoms with Crippen molar-refractivity contribution >= 4 is 28.9 Å². The van der Waals surface area contributed by atoms with E-state index in [0.717, 1.165) is 29.2 Å². The summed E-state index contributed by atoms with van der Waals surface area (Å²) < 4.78 is 5.40. The molecule has 5 rings (SSSR count). The van der Waals surface area contributed by atoms with Crippen LogP contribution in [0.1, 0.15) is 54.9 Å². The molecular formula is C26H29N3O3. The van der Waals surface area contributed by atoms with Crippen LogP contribution in [-0.4, -0.2) is 34.4 Å².